The second kappa shape index (κ2) is 11.9. The highest BCUT2D eigenvalue weighted by Crippen LogP contribution is 2.32. The summed E-state index contributed by atoms with van der Waals surface area (Å²) in [6.07, 6.45) is -2.70. The van der Waals surface area contributed by atoms with Crippen molar-refractivity contribution in [1.29, 1.82) is 0 Å². The van der Waals surface area contributed by atoms with E-state index in [2.05, 4.69) is 26.3 Å². The number of anilines is 2. The Morgan fingerprint density at radius 3 is 2.39 bits per heavy atom. The summed E-state index contributed by atoms with van der Waals surface area (Å²) in [5.41, 5.74) is 0.460. The maximum atomic E-state index is 13.5. The third-order valence-electron chi connectivity index (χ3n) is 5.44. The Balaban J connectivity index is 1.68. The van der Waals surface area contributed by atoms with Gasteiger partial charge < -0.3 is 21.3 Å². The van der Waals surface area contributed by atoms with Gasteiger partial charge in [0.05, 0.1) is 5.56 Å². The lowest BCUT2D eigenvalue weighted by molar-refractivity contribution is -0.137. The van der Waals surface area contributed by atoms with Crippen LogP contribution in [0.1, 0.15) is 55.1 Å². The van der Waals surface area contributed by atoms with Crippen LogP contribution >= 0.6 is 0 Å². The molecule has 0 saturated heterocycles. The standard InChI is InChI=1S/C26H32F3N5O2/c1-16(2)11-23(35)32-17(3)12-18-5-7-21(8-6-18)33-24(36)19-13-20(26(27,28)29)15-22(14-19)34-25-30-9-4-10-31-25/h5-8,13-17H,4,9-12H2,1-3H3,(H,32,35)(H,33,36)(H2,30,31,34). The Labute approximate surface area is 209 Å². The van der Waals surface area contributed by atoms with E-state index in [1.807, 2.05) is 32.9 Å². The van der Waals surface area contributed by atoms with Crippen LogP contribution < -0.4 is 21.3 Å². The van der Waals surface area contributed by atoms with Crippen molar-refractivity contribution < 1.29 is 22.8 Å². The Morgan fingerprint density at radius 2 is 1.78 bits per heavy atom. The number of hydrogen-bond donors (Lipinski definition) is 4. The number of nitrogens with one attached hydrogen (secondary N) is 4. The molecule has 0 radical (unpaired) electrons. The molecule has 7 nitrogen and oxygen atoms in total. The molecule has 36 heavy (non-hydrogen) atoms. The van der Waals surface area contributed by atoms with Crippen molar-refractivity contribution >= 4 is 29.1 Å². The maximum absolute atomic E-state index is 13.5. The molecular formula is C26H32F3N5O2. The summed E-state index contributed by atoms with van der Waals surface area (Å²) >= 11 is 0. The van der Waals surface area contributed by atoms with E-state index in [1.54, 1.807) is 12.1 Å². The molecule has 2 aromatic rings. The molecule has 194 valence electrons. The molecule has 0 aliphatic carbocycles. The van der Waals surface area contributed by atoms with E-state index in [0.717, 1.165) is 24.1 Å². The number of carbonyl (C=O) groups is 2. The molecule has 1 aliphatic heterocycles. The van der Waals surface area contributed by atoms with Crippen LogP contribution in [-0.4, -0.2) is 36.9 Å². The summed E-state index contributed by atoms with van der Waals surface area (Å²) in [5, 5.41) is 11.4. The number of guanidine groups is 1. The number of benzene rings is 2. The van der Waals surface area contributed by atoms with Crippen LogP contribution in [-0.2, 0) is 17.4 Å². The maximum Gasteiger partial charge on any atom is 0.416 e. The summed E-state index contributed by atoms with van der Waals surface area (Å²) in [6.45, 7) is 7.12. The molecule has 0 aromatic heterocycles. The molecule has 10 heteroatoms. The normalized spacial score (nSPS) is 14.5. The highest BCUT2D eigenvalue weighted by Gasteiger charge is 2.32. The van der Waals surface area contributed by atoms with Gasteiger partial charge >= 0.3 is 6.18 Å². The average molecular weight is 504 g/mol. The lowest BCUT2D eigenvalue weighted by atomic mass is 10.1. The molecule has 1 unspecified atom stereocenters. The van der Waals surface area contributed by atoms with Crippen LogP contribution in [0.2, 0.25) is 0 Å². The average Bonchev–Trinajstić information content (AvgIpc) is 2.79. The van der Waals surface area contributed by atoms with Crippen molar-refractivity contribution in [1.82, 2.24) is 10.6 Å². The second-order valence-electron chi connectivity index (χ2n) is 9.35. The van der Waals surface area contributed by atoms with Gasteiger partial charge in [0.1, 0.15) is 0 Å². The van der Waals surface area contributed by atoms with Gasteiger partial charge in [-0.05, 0) is 61.6 Å². The summed E-state index contributed by atoms with van der Waals surface area (Å²) in [6, 6.07) is 10.1. The quantitative estimate of drug-likeness (QED) is 0.416. The van der Waals surface area contributed by atoms with E-state index in [9.17, 15) is 22.8 Å². The Kier molecular flexibility index (Phi) is 8.95. The van der Waals surface area contributed by atoms with Crippen molar-refractivity contribution in [3.05, 3.63) is 59.2 Å². The van der Waals surface area contributed by atoms with Gasteiger partial charge in [-0.2, -0.15) is 13.2 Å². The van der Waals surface area contributed by atoms with Crippen molar-refractivity contribution in [2.24, 2.45) is 10.9 Å². The van der Waals surface area contributed by atoms with Crippen LogP contribution in [0.4, 0.5) is 24.5 Å². The summed E-state index contributed by atoms with van der Waals surface area (Å²) < 4.78 is 40.4. The van der Waals surface area contributed by atoms with Gasteiger partial charge in [0.2, 0.25) is 5.91 Å². The number of hydrogen-bond acceptors (Lipinski definition) is 5. The minimum absolute atomic E-state index is 0.00247. The van der Waals surface area contributed by atoms with Gasteiger partial charge in [0, 0.05) is 42.5 Å². The summed E-state index contributed by atoms with van der Waals surface area (Å²) in [7, 11) is 0. The van der Waals surface area contributed by atoms with E-state index >= 15 is 0 Å². The lowest BCUT2D eigenvalue weighted by Gasteiger charge is -2.18. The summed E-state index contributed by atoms with van der Waals surface area (Å²) in [5.74, 6) is -0.00830. The number of carbonyl (C=O) groups excluding carboxylic acids is 2. The molecule has 2 aromatic carbocycles. The molecule has 0 saturated carbocycles. The van der Waals surface area contributed by atoms with Crippen LogP contribution in [0.15, 0.2) is 47.5 Å². The number of rotatable bonds is 8. The lowest BCUT2D eigenvalue weighted by Crippen LogP contribution is -2.35. The van der Waals surface area contributed by atoms with Gasteiger partial charge in [0.15, 0.2) is 5.96 Å². The zero-order valence-corrected chi connectivity index (χ0v) is 20.6. The molecule has 0 fully saturated rings. The summed E-state index contributed by atoms with van der Waals surface area (Å²) in [4.78, 5) is 29.0. The van der Waals surface area contributed by atoms with Gasteiger partial charge in [0.25, 0.3) is 5.91 Å². The first-order valence-corrected chi connectivity index (χ1v) is 12.0. The smallest absolute Gasteiger partial charge is 0.356 e. The van der Waals surface area contributed by atoms with Crippen LogP contribution in [0.5, 0.6) is 0 Å². The molecule has 4 N–H and O–H groups in total. The third kappa shape index (κ3) is 8.28. The van der Waals surface area contributed by atoms with Gasteiger partial charge in [-0.25, -0.2) is 0 Å². The molecule has 0 bridgehead atoms. The number of alkyl halides is 3. The SMILES string of the molecule is CC(C)CC(=O)NC(C)Cc1ccc(NC(=O)c2cc(NC3=NCCCN3)cc(C(F)(F)F)c2)cc1. The van der Waals surface area contributed by atoms with E-state index in [-0.39, 0.29) is 29.1 Å². The first-order chi connectivity index (χ1) is 17.0. The first-order valence-electron chi connectivity index (χ1n) is 12.0. The van der Waals surface area contributed by atoms with Crippen LogP contribution in [0.3, 0.4) is 0 Å². The van der Waals surface area contributed by atoms with Crippen molar-refractivity contribution in [3.8, 4) is 0 Å². The molecule has 0 spiro atoms. The van der Waals surface area contributed by atoms with Crippen molar-refractivity contribution in [3.63, 3.8) is 0 Å². The third-order valence-corrected chi connectivity index (χ3v) is 5.44. The first kappa shape index (κ1) is 27.0. The highest BCUT2D eigenvalue weighted by atomic mass is 19.4. The van der Waals surface area contributed by atoms with E-state index in [4.69, 9.17) is 0 Å². The molecular weight excluding hydrogens is 471 g/mol. The van der Waals surface area contributed by atoms with Crippen LogP contribution in [0, 0.1) is 5.92 Å². The molecule has 3 rings (SSSR count). The number of amides is 2. The van der Waals surface area contributed by atoms with E-state index < -0.39 is 17.6 Å². The Morgan fingerprint density at radius 1 is 1.06 bits per heavy atom. The fourth-order valence-electron chi connectivity index (χ4n) is 3.78. The number of nitrogens with zero attached hydrogens (tertiary/aromatic N) is 1. The van der Waals surface area contributed by atoms with Crippen LogP contribution in [0.25, 0.3) is 0 Å². The monoisotopic (exact) mass is 503 g/mol. The number of halogens is 3. The fourth-order valence-corrected chi connectivity index (χ4v) is 3.78. The van der Waals surface area contributed by atoms with Gasteiger partial charge in [-0.1, -0.05) is 26.0 Å². The van der Waals surface area contributed by atoms with Gasteiger partial charge in [-0.3, -0.25) is 14.6 Å². The van der Waals surface area contributed by atoms with Crippen molar-refractivity contribution in [2.75, 3.05) is 23.7 Å². The van der Waals surface area contributed by atoms with E-state index in [0.29, 0.717) is 37.6 Å². The molecule has 2 amide bonds. The van der Waals surface area contributed by atoms with Gasteiger partial charge in [-0.15, -0.1) is 0 Å². The Bertz CT molecular complexity index is 1100. The second-order valence-corrected chi connectivity index (χ2v) is 9.35. The molecule has 1 atom stereocenters. The zero-order valence-electron chi connectivity index (χ0n) is 20.6. The largest absolute Gasteiger partial charge is 0.416 e. The predicted molar refractivity (Wildman–Crippen MR) is 135 cm³/mol. The number of aliphatic imine (C=N–C) groups is 1. The zero-order chi connectivity index (χ0) is 26.3. The minimum atomic E-state index is -4.61. The Hall–Kier alpha value is -3.56. The predicted octanol–water partition coefficient (Wildman–Crippen LogP) is 4.81. The topological polar surface area (TPSA) is 94.6 Å². The minimum Gasteiger partial charge on any atom is -0.356 e. The highest BCUT2D eigenvalue weighted by molar-refractivity contribution is 6.05. The molecule has 1 aliphatic rings. The van der Waals surface area contributed by atoms with E-state index in [1.165, 1.54) is 6.07 Å². The van der Waals surface area contributed by atoms with Crippen molar-refractivity contribution in [2.45, 2.75) is 52.3 Å². The molecule has 1 heterocycles. The fraction of sp³-hybridized carbons (Fsp3) is 0.423.